The molecular weight excluding hydrogens is 269 g/mol. The van der Waals surface area contributed by atoms with Gasteiger partial charge >= 0.3 is 0 Å². The van der Waals surface area contributed by atoms with Crippen molar-refractivity contribution < 1.29 is 18.8 Å². The Labute approximate surface area is 114 Å². The number of hydrogen-bond acceptors (Lipinski definition) is 5. The van der Waals surface area contributed by atoms with Gasteiger partial charge < -0.3 is 15.4 Å². The molecule has 1 aromatic carbocycles. The van der Waals surface area contributed by atoms with Gasteiger partial charge in [0, 0.05) is 25.7 Å². The standard InChI is InChI=1S/C12H14FN3O4/c13-8-1-2-11(16(18)19)10(5-8)12(17)15-3-4-20-9(6-14)7-15/h1-2,5,9H,3-4,6-7,14H2. The Morgan fingerprint density at radius 3 is 3.00 bits per heavy atom. The highest BCUT2D eigenvalue weighted by Crippen LogP contribution is 2.22. The molecule has 0 aromatic heterocycles. The van der Waals surface area contributed by atoms with Gasteiger partial charge in [0.1, 0.15) is 11.4 Å². The van der Waals surface area contributed by atoms with E-state index in [-0.39, 0.29) is 24.8 Å². The van der Waals surface area contributed by atoms with Crippen LogP contribution in [0, 0.1) is 15.9 Å². The lowest BCUT2D eigenvalue weighted by Crippen LogP contribution is -2.48. The summed E-state index contributed by atoms with van der Waals surface area (Å²) in [5.74, 6) is -1.28. The maximum Gasteiger partial charge on any atom is 0.282 e. The molecule has 1 aliphatic rings. The van der Waals surface area contributed by atoms with E-state index in [4.69, 9.17) is 10.5 Å². The highest BCUT2D eigenvalue weighted by molar-refractivity contribution is 5.98. The van der Waals surface area contributed by atoms with E-state index in [0.717, 1.165) is 18.2 Å². The topological polar surface area (TPSA) is 98.7 Å². The van der Waals surface area contributed by atoms with Gasteiger partial charge in [0.15, 0.2) is 0 Å². The number of nitrogens with zero attached hydrogens (tertiary/aromatic N) is 2. The second-order valence-electron chi connectivity index (χ2n) is 4.40. The summed E-state index contributed by atoms with van der Waals surface area (Å²) in [7, 11) is 0. The fraction of sp³-hybridized carbons (Fsp3) is 0.417. The summed E-state index contributed by atoms with van der Waals surface area (Å²) in [6, 6.07) is 2.83. The minimum atomic E-state index is -0.701. The van der Waals surface area contributed by atoms with Gasteiger partial charge in [-0.05, 0) is 12.1 Å². The molecule has 1 atom stereocenters. The van der Waals surface area contributed by atoms with Crippen molar-refractivity contribution in [1.29, 1.82) is 0 Å². The Morgan fingerprint density at radius 1 is 1.60 bits per heavy atom. The number of halogens is 1. The number of benzene rings is 1. The second-order valence-corrected chi connectivity index (χ2v) is 4.40. The molecule has 2 rings (SSSR count). The van der Waals surface area contributed by atoms with Crippen LogP contribution in [-0.2, 0) is 4.74 Å². The molecule has 8 heteroatoms. The van der Waals surface area contributed by atoms with E-state index >= 15 is 0 Å². The van der Waals surface area contributed by atoms with Crippen molar-refractivity contribution >= 4 is 11.6 Å². The number of amides is 1. The fourth-order valence-corrected chi connectivity index (χ4v) is 2.06. The van der Waals surface area contributed by atoms with Crippen molar-refractivity contribution in [3.8, 4) is 0 Å². The van der Waals surface area contributed by atoms with Crippen LogP contribution in [0.15, 0.2) is 18.2 Å². The molecule has 7 nitrogen and oxygen atoms in total. The van der Waals surface area contributed by atoms with Gasteiger partial charge in [-0.15, -0.1) is 0 Å². The first kappa shape index (κ1) is 14.4. The van der Waals surface area contributed by atoms with E-state index in [2.05, 4.69) is 0 Å². The molecule has 108 valence electrons. The molecule has 1 amide bonds. The molecule has 1 fully saturated rings. The smallest absolute Gasteiger partial charge is 0.282 e. The Kier molecular flexibility index (Phi) is 4.26. The third kappa shape index (κ3) is 2.91. The monoisotopic (exact) mass is 283 g/mol. The summed E-state index contributed by atoms with van der Waals surface area (Å²) < 4.78 is 18.6. The van der Waals surface area contributed by atoms with Crippen LogP contribution in [0.3, 0.4) is 0 Å². The molecule has 1 aliphatic heterocycles. The normalized spacial score (nSPS) is 18.9. The van der Waals surface area contributed by atoms with Gasteiger partial charge in [-0.25, -0.2) is 4.39 Å². The van der Waals surface area contributed by atoms with E-state index in [1.54, 1.807) is 0 Å². The number of carbonyl (C=O) groups excluding carboxylic acids is 1. The Morgan fingerprint density at radius 2 is 2.35 bits per heavy atom. The lowest BCUT2D eigenvalue weighted by molar-refractivity contribution is -0.385. The maximum absolute atomic E-state index is 13.2. The van der Waals surface area contributed by atoms with E-state index in [0.29, 0.717) is 13.2 Å². The Bertz CT molecular complexity index is 537. The quantitative estimate of drug-likeness (QED) is 0.644. The average molecular weight is 283 g/mol. The van der Waals surface area contributed by atoms with Crippen molar-refractivity contribution in [2.45, 2.75) is 6.10 Å². The zero-order valence-corrected chi connectivity index (χ0v) is 10.6. The van der Waals surface area contributed by atoms with Gasteiger partial charge in [0.25, 0.3) is 11.6 Å². The van der Waals surface area contributed by atoms with Gasteiger partial charge in [0.05, 0.1) is 17.6 Å². The van der Waals surface area contributed by atoms with Crippen LogP contribution in [0.25, 0.3) is 0 Å². The van der Waals surface area contributed by atoms with Crippen LogP contribution in [-0.4, -0.2) is 48.1 Å². The number of nitro groups is 1. The number of rotatable bonds is 3. The Hall–Kier alpha value is -2.06. The summed E-state index contributed by atoms with van der Waals surface area (Å²) >= 11 is 0. The molecule has 1 saturated heterocycles. The number of ether oxygens (including phenoxy) is 1. The number of nitro benzene ring substituents is 1. The third-order valence-electron chi connectivity index (χ3n) is 3.07. The summed E-state index contributed by atoms with van der Waals surface area (Å²) in [4.78, 5) is 23.9. The van der Waals surface area contributed by atoms with Crippen LogP contribution >= 0.6 is 0 Å². The highest BCUT2D eigenvalue weighted by atomic mass is 19.1. The molecule has 1 unspecified atom stereocenters. The first-order chi connectivity index (χ1) is 9.52. The van der Waals surface area contributed by atoms with Gasteiger partial charge in [-0.1, -0.05) is 0 Å². The Balaban J connectivity index is 2.28. The lowest BCUT2D eigenvalue weighted by Gasteiger charge is -2.32. The molecule has 2 N–H and O–H groups in total. The van der Waals surface area contributed by atoms with Gasteiger partial charge in [-0.3, -0.25) is 14.9 Å². The first-order valence-corrected chi connectivity index (χ1v) is 6.08. The number of nitrogens with two attached hydrogens (primary N) is 1. The molecule has 1 heterocycles. The largest absolute Gasteiger partial charge is 0.373 e. The predicted octanol–water partition coefficient (Wildman–Crippen LogP) is 0.534. The van der Waals surface area contributed by atoms with Gasteiger partial charge in [0.2, 0.25) is 0 Å². The average Bonchev–Trinajstić information content (AvgIpc) is 2.46. The van der Waals surface area contributed by atoms with Crippen LogP contribution < -0.4 is 5.73 Å². The minimum absolute atomic E-state index is 0.239. The molecule has 0 radical (unpaired) electrons. The predicted molar refractivity (Wildman–Crippen MR) is 67.8 cm³/mol. The maximum atomic E-state index is 13.2. The van der Waals surface area contributed by atoms with Crippen molar-refractivity contribution in [3.05, 3.63) is 39.7 Å². The zero-order chi connectivity index (χ0) is 14.7. The van der Waals surface area contributed by atoms with Crippen LogP contribution in [0.5, 0.6) is 0 Å². The summed E-state index contributed by atoms with van der Waals surface area (Å²) in [6.45, 7) is 1.08. The SMILES string of the molecule is NCC1CN(C(=O)c2cc(F)ccc2[N+](=O)[O-])CCO1. The molecule has 0 bridgehead atoms. The van der Waals surface area contributed by atoms with E-state index in [1.807, 2.05) is 0 Å². The number of hydrogen-bond donors (Lipinski definition) is 1. The highest BCUT2D eigenvalue weighted by Gasteiger charge is 2.29. The second kappa shape index (κ2) is 5.93. The lowest BCUT2D eigenvalue weighted by atomic mass is 10.1. The molecule has 20 heavy (non-hydrogen) atoms. The van der Waals surface area contributed by atoms with Crippen molar-refractivity contribution in [3.63, 3.8) is 0 Å². The molecular formula is C12H14FN3O4. The first-order valence-electron chi connectivity index (χ1n) is 6.08. The zero-order valence-electron chi connectivity index (χ0n) is 10.6. The number of carbonyl (C=O) groups is 1. The van der Waals surface area contributed by atoms with Crippen molar-refractivity contribution in [2.24, 2.45) is 5.73 Å². The van der Waals surface area contributed by atoms with Crippen molar-refractivity contribution in [2.75, 3.05) is 26.2 Å². The summed E-state index contributed by atoms with van der Waals surface area (Å²) in [5.41, 5.74) is 4.81. The van der Waals surface area contributed by atoms with Crippen molar-refractivity contribution in [1.82, 2.24) is 4.90 Å². The minimum Gasteiger partial charge on any atom is -0.373 e. The molecule has 0 saturated carbocycles. The van der Waals surface area contributed by atoms with Crippen LogP contribution in [0.1, 0.15) is 10.4 Å². The number of morpholine rings is 1. The third-order valence-corrected chi connectivity index (χ3v) is 3.07. The summed E-state index contributed by atoms with van der Waals surface area (Å²) in [5, 5.41) is 10.9. The molecule has 0 spiro atoms. The molecule has 0 aliphatic carbocycles. The molecule has 1 aromatic rings. The van der Waals surface area contributed by atoms with E-state index < -0.39 is 22.3 Å². The van der Waals surface area contributed by atoms with E-state index in [1.165, 1.54) is 4.90 Å². The van der Waals surface area contributed by atoms with E-state index in [9.17, 15) is 19.3 Å². The fourth-order valence-electron chi connectivity index (χ4n) is 2.06. The summed E-state index contributed by atoms with van der Waals surface area (Å²) in [6.07, 6.45) is -0.305. The van der Waals surface area contributed by atoms with Crippen LogP contribution in [0.4, 0.5) is 10.1 Å². The van der Waals surface area contributed by atoms with Crippen LogP contribution in [0.2, 0.25) is 0 Å². The van der Waals surface area contributed by atoms with Gasteiger partial charge in [-0.2, -0.15) is 0 Å².